The first-order valence-corrected chi connectivity index (χ1v) is 5.96. The van der Waals surface area contributed by atoms with Gasteiger partial charge in [-0.1, -0.05) is 30.3 Å². The summed E-state index contributed by atoms with van der Waals surface area (Å²) in [5, 5.41) is 3.42. The average molecular weight is 226 g/mol. The molecule has 0 bridgehead atoms. The lowest BCUT2D eigenvalue weighted by Crippen LogP contribution is -2.10. The van der Waals surface area contributed by atoms with Gasteiger partial charge in [-0.2, -0.15) is 0 Å². The summed E-state index contributed by atoms with van der Waals surface area (Å²) in [6.45, 7) is 6.30. The highest BCUT2D eigenvalue weighted by Crippen LogP contribution is 2.21. The van der Waals surface area contributed by atoms with E-state index in [-0.39, 0.29) is 0 Å². The smallest absolute Gasteiger partial charge is 0.0725 e. The molecule has 88 valence electrons. The first-order valence-electron chi connectivity index (χ1n) is 5.96. The lowest BCUT2D eigenvalue weighted by molar-refractivity contribution is 0.898. The van der Waals surface area contributed by atoms with E-state index in [2.05, 4.69) is 48.4 Å². The molecular formula is C15H18N2. The largest absolute Gasteiger partial charge is 0.383 e. The van der Waals surface area contributed by atoms with E-state index in [1.807, 2.05) is 25.1 Å². The number of nitrogens with zero attached hydrogens (tertiary/aromatic N) is 1. The van der Waals surface area contributed by atoms with Crippen molar-refractivity contribution in [3.8, 4) is 11.3 Å². The third kappa shape index (κ3) is 3.06. The van der Waals surface area contributed by atoms with Crippen LogP contribution in [0.4, 0.5) is 5.69 Å². The zero-order valence-corrected chi connectivity index (χ0v) is 10.6. The van der Waals surface area contributed by atoms with Crippen LogP contribution in [0.5, 0.6) is 0 Å². The van der Waals surface area contributed by atoms with Crippen molar-refractivity contribution < 1.29 is 0 Å². The second-order valence-electron chi connectivity index (χ2n) is 4.55. The van der Waals surface area contributed by atoms with E-state index in [1.54, 1.807) is 0 Å². The zero-order chi connectivity index (χ0) is 12.3. The van der Waals surface area contributed by atoms with E-state index < -0.39 is 0 Å². The zero-order valence-electron chi connectivity index (χ0n) is 10.6. The van der Waals surface area contributed by atoms with Crippen molar-refractivity contribution in [3.05, 3.63) is 48.2 Å². The average Bonchev–Trinajstić information content (AvgIpc) is 2.28. The van der Waals surface area contributed by atoms with Crippen LogP contribution < -0.4 is 5.32 Å². The van der Waals surface area contributed by atoms with Crippen LogP contribution >= 0.6 is 0 Å². The molecule has 2 heteroatoms. The minimum atomic E-state index is 0.431. The molecule has 0 aliphatic carbocycles. The molecule has 0 amide bonds. The second-order valence-corrected chi connectivity index (χ2v) is 4.55. The third-order valence-electron chi connectivity index (χ3n) is 2.48. The van der Waals surface area contributed by atoms with Gasteiger partial charge in [0.2, 0.25) is 0 Å². The van der Waals surface area contributed by atoms with Crippen LogP contribution in [0.15, 0.2) is 42.5 Å². The highest BCUT2D eigenvalue weighted by molar-refractivity contribution is 5.64. The maximum atomic E-state index is 4.57. The van der Waals surface area contributed by atoms with E-state index >= 15 is 0 Å². The summed E-state index contributed by atoms with van der Waals surface area (Å²) in [4.78, 5) is 4.57. The van der Waals surface area contributed by atoms with Crippen molar-refractivity contribution >= 4 is 5.69 Å². The topological polar surface area (TPSA) is 24.9 Å². The highest BCUT2D eigenvalue weighted by atomic mass is 14.9. The van der Waals surface area contributed by atoms with Crippen LogP contribution in [0.1, 0.15) is 19.5 Å². The maximum absolute atomic E-state index is 4.57. The van der Waals surface area contributed by atoms with Gasteiger partial charge in [0.1, 0.15) is 0 Å². The summed E-state index contributed by atoms with van der Waals surface area (Å²) in [5.74, 6) is 0. The molecule has 0 aliphatic heterocycles. The molecule has 0 fully saturated rings. The van der Waals surface area contributed by atoms with Gasteiger partial charge >= 0.3 is 0 Å². The van der Waals surface area contributed by atoms with Crippen LogP contribution in [0.2, 0.25) is 0 Å². The number of rotatable bonds is 3. The molecule has 0 atom stereocenters. The number of aryl methyl sites for hydroxylation is 1. The molecule has 0 radical (unpaired) electrons. The van der Waals surface area contributed by atoms with Crippen LogP contribution in [0, 0.1) is 6.92 Å². The summed E-state index contributed by atoms with van der Waals surface area (Å²) in [7, 11) is 0. The van der Waals surface area contributed by atoms with Crippen molar-refractivity contribution in [2.75, 3.05) is 5.32 Å². The van der Waals surface area contributed by atoms with Crippen molar-refractivity contribution in [2.45, 2.75) is 26.8 Å². The van der Waals surface area contributed by atoms with Crippen molar-refractivity contribution in [1.29, 1.82) is 0 Å². The van der Waals surface area contributed by atoms with Gasteiger partial charge in [-0.25, -0.2) is 0 Å². The molecule has 1 N–H and O–H groups in total. The summed E-state index contributed by atoms with van der Waals surface area (Å²) in [5.41, 5.74) is 4.35. The molecule has 0 saturated carbocycles. The normalized spacial score (nSPS) is 10.6. The molecule has 2 rings (SSSR count). The number of anilines is 1. The summed E-state index contributed by atoms with van der Waals surface area (Å²) in [6.07, 6.45) is 0. The number of hydrogen-bond acceptors (Lipinski definition) is 2. The Bertz CT molecular complexity index is 490. The molecule has 0 unspecified atom stereocenters. The predicted octanol–water partition coefficient (Wildman–Crippen LogP) is 3.88. The Morgan fingerprint density at radius 2 is 1.76 bits per heavy atom. The maximum Gasteiger partial charge on any atom is 0.0725 e. The third-order valence-corrected chi connectivity index (χ3v) is 2.48. The van der Waals surface area contributed by atoms with Gasteiger partial charge in [-0.05, 0) is 32.9 Å². The molecule has 1 heterocycles. The minimum Gasteiger partial charge on any atom is -0.383 e. The molecule has 2 nitrogen and oxygen atoms in total. The highest BCUT2D eigenvalue weighted by Gasteiger charge is 2.03. The molecule has 2 aromatic rings. The SMILES string of the molecule is Cc1cc(NC(C)C)cc(-c2ccccc2)n1. The molecule has 1 aromatic heterocycles. The van der Waals surface area contributed by atoms with Crippen LogP contribution in [-0.2, 0) is 0 Å². The molecule has 0 spiro atoms. The lowest BCUT2D eigenvalue weighted by atomic mass is 10.1. The van der Waals surface area contributed by atoms with Gasteiger partial charge < -0.3 is 5.32 Å². The quantitative estimate of drug-likeness (QED) is 0.859. The van der Waals surface area contributed by atoms with Crippen LogP contribution in [-0.4, -0.2) is 11.0 Å². The number of benzene rings is 1. The first kappa shape index (κ1) is 11.6. The predicted molar refractivity (Wildman–Crippen MR) is 73.2 cm³/mol. The molecule has 17 heavy (non-hydrogen) atoms. The molecule has 0 saturated heterocycles. The van der Waals surface area contributed by atoms with E-state index in [0.29, 0.717) is 6.04 Å². The Hall–Kier alpha value is -1.83. The van der Waals surface area contributed by atoms with Crippen LogP contribution in [0.3, 0.4) is 0 Å². The van der Waals surface area contributed by atoms with Gasteiger partial charge in [0.15, 0.2) is 0 Å². The number of aromatic nitrogens is 1. The standard InChI is InChI=1S/C15H18N2/c1-11(2)16-14-9-12(3)17-15(10-14)13-7-5-4-6-8-13/h4-11H,1-3H3,(H,16,17). The van der Waals surface area contributed by atoms with Crippen LogP contribution in [0.25, 0.3) is 11.3 Å². The molecular weight excluding hydrogens is 208 g/mol. The van der Waals surface area contributed by atoms with E-state index in [0.717, 1.165) is 22.6 Å². The van der Waals surface area contributed by atoms with Gasteiger partial charge in [0, 0.05) is 23.0 Å². The number of hydrogen-bond donors (Lipinski definition) is 1. The van der Waals surface area contributed by atoms with E-state index in [9.17, 15) is 0 Å². The Labute approximate surface area is 103 Å². The monoisotopic (exact) mass is 226 g/mol. The second kappa shape index (κ2) is 5.00. The van der Waals surface area contributed by atoms with Crippen molar-refractivity contribution in [2.24, 2.45) is 0 Å². The van der Waals surface area contributed by atoms with E-state index in [1.165, 1.54) is 0 Å². The van der Waals surface area contributed by atoms with Crippen molar-refractivity contribution in [1.82, 2.24) is 4.98 Å². The fourth-order valence-corrected chi connectivity index (χ4v) is 1.84. The first-order chi connectivity index (χ1) is 8.15. The Morgan fingerprint density at radius 1 is 1.06 bits per heavy atom. The Balaban J connectivity index is 2.38. The number of nitrogens with one attached hydrogen (secondary N) is 1. The number of pyridine rings is 1. The summed E-state index contributed by atoms with van der Waals surface area (Å²) >= 11 is 0. The molecule has 1 aromatic carbocycles. The van der Waals surface area contributed by atoms with Crippen molar-refractivity contribution in [3.63, 3.8) is 0 Å². The minimum absolute atomic E-state index is 0.431. The van der Waals surface area contributed by atoms with Gasteiger partial charge in [0.05, 0.1) is 5.69 Å². The molecule has 0 aliphatic rings. The van der Waals surface area contributed by atoms with Gasteiger partial charge in [0.25, 0.3) is 0 Å². The lowest BCUT2D eigenvalue weighted by Gasteiger charge is -2.12. The summed E-state index contributed by atoms with van der Waals surface area (Å²) in [6, 6.07) is 14.9. The summed E-state index contributed by atoms with van der Waals surface area (Å²) < 4.78 is 0. The Morgan fingerprint density at radius 3 is 2.41 bits per heavy atom. The fourth-order valence-electron chi connectivity index (χ4n) is 1.84. The Kier molecular flexibility index (Phi) is 3.43. The fraction of sp³-hybridized carbons (Fsp3) is 0.267. The van der Waals surface area contributed by atoms with E-state index in [4.69, 9.17) is 0 Å². The van der Waals surface area contributed by atoms with Gasteiger partial charge in [-0.15, -0.1) is 0 Å². The van der Waals surface area contributed by atoms with Gasteiger partial charge in [-0.3, -0.25) is 4.98 Å².